The first-order valence-corrected chi connectivity index (χ1v) is 8.48. The molecule has 0 spiro atoms. The van der Waals surface area contributed by atoms with E-state index in [-0.39, 0.29) is 36.6 Å². The van der Waals surface area contributed by atoms with Crippen LogP contribution in [-0.2, 0) is 17.9 Å². The van der Waals surface area contributed by atoms with Gasteiger partial charge in [-0.1, -0.05) is 42.5 Å². The van der Waals surface area contributed by atoms with Crippen LogP contribution >= 0.6 is 24.0 Å². The van der Waals surface area contributed by atoms with Gasteiger partial charge in [0.15, 0.2) is 5.96 Å². The fraction of sp³-hybridized carbons (Fsp3) is 0.300. The Hall–Kier alpha value is -2.09. The van der Waals surface area contributed by atoms with E-state index in [0.717, 1.165) is 24.2 Å². The van der Waals surface area contributed by atoms with Crippen LogP contribution in [0.2, 0.25) is 0 Å². The van der Waals surface area contributed by atoms with Gasteiger partial charge in [0.05, 0.1) is 12.1 Å². The van der Waals surface area contributed by atoms with Gasteiger partial charge < -0.3 is 15.4 Å². The van der Waals surface area contributed by atoms with Gasteiger partial charge in [-0.15, -0.1) is 24.0 Å². The zero-order valence-electron chi connectivity index (χ0n) is 15.2. The normalized spacial score (nSPS) is 10.8. The van der Waals surface area contributed by atoms with E-state index >= 15 is 0 Å². The van der Waals surface area contributed by atoms with Crippen molar-refractivity contribution in [1.82, 2.24) is 4.90 Å². The molecule has 0 saturated heterocycles. The zero-order valence-corrected chi connectivity index (χ0v) is 17.6. The summed E-state index contributed by atoms with van der Waals surface area (Å²) in [5, 5.41) is 0. The van der Waals surface area contributed by atoms with Crippen molar-refractivity contribution in [2.75, 3.05) is 13.1 Å². The molecule has 0 heterocycles. The molecular formula is C20H26IN3O2. The molecule has 2 aromatic rings. The number of esters is 1. The average Bonchev–Trinajstić information content (AvgIpc) is 2.66. The number of carbonyl (C=O) groups excluding carboxylic acids is 1. The van der Waals surface area contributed by atoms with Crippen molar-refractivity contribution < 1.29 is 9.53 Å². The van der Waals surface area contributed by atoms with Gasteiger partial charge in [-0.25, -0.2) is 9.79 Å². The molecule has 26 heavy (non-hydrogen) atoms. The molecule has 5 nitrogen and oxygen atoms in total. The number of hydrogen-bond acceptors (Lipinski definition) is 3. The van der Waals surface area contributed by atoms with Crippen LogP contribution in [0, 0.1) is 0 Å². The highest BCUT2D eigenvalue weighted by atomic mass is 127. The molecule has 0 aromatic heterocycles. The summed E-state index contributed by atoms with van der Waals surface area (Å²) in [5.41, 5.74) is 8.38. The number of nitrogens with two attached hydrogens (primary N) is 1. The monoisotopic (exact) mass is 467 g/mol. The Morgan fingerprint density at radius 2 is 1.69 bits per heavy atom. The molecule has 0 aliphatic carbocycles. The molecule has 140 valence electrons. The first kappa shape index (κ1) is 22.0. The van der Waals surface area contributed by atoms with Gasteiger partial charge >= 0.3 is 5.97 Å². The van der Waals surface area contributed by atoms with Gasteiger partial charge in [0.1, 0.15) is 6.61 Å². The second-order valence-corrected chi connectivity index (χ2v) is 5.61. The molecule has 0 aliphatic rings. The fourth-order valence-corrected chi connectivity index (χ4v) is 2.42. The number of benzene rings is 2. The molecule has 0 aliphatic heterocycles. The average molecular weight is 467 g/mol. The summed E-state index contributed by atoms with van der Waals surface area (Å²) in [6.07, 6.45) is 0. The highest BCUT2D eigenvalue weighted by Crippen LogP contribution is 2.10. The fourth-order valence-electron chi connectivity index (χ4n) is 2.42. The first-order valence-electron chi connectivity index (χ1n) is 8.48. The maximum Gasteiger partial charge on any atom is 0.338 e. The van der Waals surface area contributed by atoms with E-state index in [1.807, 2.05) is 61.2 Å². The Balaban J connectivity index is 0.00000338. The zero-order chi connectivity index (χ0) is 18.1. The molecule has 0 saturated carbocycles. The maximum atomic E-state index is 12.2. The third kappa shape index (κ3) is 6.67. The van der Waals surface area contributed by atoms with Crippen LogP contribution in [0.1, 0.15) is 35.3 Å². The Morgan fingerprint density at radius 1 is 1.04 bits per heavy atom. The number of ether oxygens (including phenoxy) is 1. The molecule has 0 bridgehead atoms. The Morgan fingerprint density at radius 3 is 2.35 bits per heavy atom. The lowest BCUT2D eigenvalue weighted by Crippen LogP contribution is -2.37. The summed E-state index contributed by atoms with van der Waals surface area (Å²) in [5.74, 6) is 0.174. The van der Waals surface area contributed by atoms with Gasteiger partial charge in [-0.3, -0.25) is 0 Å². The highest BCUT2D eigenvalue weighted by Gasteiger charge is 2.08. The summed E-state index contributed by atoms with van der Waals surface area (Å²) in [6.45, 7) is 6.40. The number of halogens is 1. The van der Waals surface area contributed by atoms with Gasteiger partial charge in [0.2, 0.25) is 0 Å². The van der Waals surface area contributed by atoms with Crippen molar-refractivity contribution in [3.63, 3.8) is 0 Å². The summed E-state index contributed by atoms with van der Waals surface area (Å²) in [6, 6.07) is 16.9. The predicted octanol–water partition coefficient (Wildman–Crippen LogP) is 3.82. The van der Waals surface area contributed by atoms with Crippen LogP contribution < -0.4 is 5.73 Å². The van der Waals surface area contributed by atoms with Crippen LogP contribution in [0.5, 0.6) is 0 Å². The van der Waals surface area contributed by atoms with Crippen LogP contribution in [0.4, 0.5) is 0 Å². The van der Waals surface area contributed by atoms with Gasteiger partial charge in [0.25, 0.3) is 0 Å². The van der Waals surface area contributed by atoms with E-state index in [1.165, 1.54) is 0 Å². The van der Waals surface area contributed by atoms with Crippen LogP contribution in [0.3, 0.4) is 0 Å². The topological polar surface area (TPSA) is 67.9 Å². The lowest BCUT2D eigenvalue weighted by atomic mass is 10.1. The molecule has 0 radical (unpaired) electrons. The summed E-state index contributed by atoms with van der Waals surface area (Å²) in [7, 11) is 0. The van der Waals surface area contributed by atoms with Gasteiger partial charge in [0, 0.05) is 13.1 Å². The van der Waals surface area contributed by atoms with Crippen molar-refractivity contribution in [3.05, 3.63) is 71.3 Å². The summed E-state index contributed by atoms with van der Waals surface area (Å²) >= 11 is 0. The molecule has 2 rings (SSSR count). The Kier molecular flexibility index (Phi) is 9.72. The summed E-state index contributed by atoms with van der Waals surface area (Å²) in [4.78, 5) is 18.6. The quantitative estimate of drug-likeness (QED) is 0.291. The van der Waals surface area contributed by atoms with Crippen LogP contribution in [0.25, 0.3) is 0 Å². The molecule has 2 aromatic carbocycles. The SMILES string of the molecule is CCN(CC)C(N)=NCc1cccc(C(=O)OCc2ccccc2)c1.I. The van der Waals surface area contributed by atoms with E-state index < -0.39 is 0 Å². The second-order valence-electron chi connectivity index (χ2n) is 5.61. The minimum atomic E-state index is -0.341. The van der Waals surface area contributed by atoms with Gasteiger partial charge in [-0.05, 0) is 37.1 Å². The third-order valence-electron chi connectivity index (χ3n) is 3.89. The van der Waals surface area contributed by atoms with E-state index in [0.29, 0.717) is 18.1 Å². The number of guanidine groups is 1. The number of hydrogen-bond donors (Lipinski definition) is 1. The van der Waals surface area contributed by atoms with E-state index in [1.54, 1.807) is 12.1 Å². The number of rotatable bonds is 7. The molecule has 0 atom stereocenters. The number of carbonyl (C=O) groups is 1. The number of aliphatic imine (C=N–C) groups is 1. The summed E-state index contributed by atoms with van der Waals surface area (Å²) < 4.78 is 5.36. The van der Waals surface area contributed by atoms with Crippen molar-refractivity contribution in [1.29, 1.82) is 0 Å². The van der Waals surface area contributed by atoms with Crippen molar-refractivity contribution in [2.24, 2.45) is 10.7 Å². The lowest BCUT2D eigenvalue weighted by molar-refractivity contribution is 0.0472. The Bertz CT molecular complexity index is 716. The highest BCUT2D eigenvalue weighted by molar-refractivity contribution is 14.0. The van der Waals surface area contributed by atoms with Gasteiger partial charge in [-0.2, -0.15) is 0 Å². The molecule has 0 unspecified atom stereocenters. The smallest absolute Gasteiger partial charge is 0.338 e. The van der Waals surface area contributed by atoms with Crippen LogP contribution in [-0.4, -0.2) is 29.9 Å². The Labute approximate surface area is 172 Å². The van der Waals surface area contributed by atoms with Crippen molar-refractivity contribution in [2.45, 2.75) is 27.0 Å². The van der Waals surface area contributed by atoms with E-state index in [4.69, 9.17) is 10.5 Å². The third-order valence-corrected chi connectivity index (χ3v) is 3.89. The van der Waals surface area contributed by atoms with Crippen molar-refractivity contribution >= 4 is 35.9 Å². The standard InChI is InChI=1S/C20H25N3O2.HI/c1-3-23(4-2)20(21)22-14-17-11-8-12-18(13-17)19(24)25-15-16-9-6-5-7-10-16;/h5-13H,3-4,14-15H2,1-2H3,(H2,21,22);1H. The molecule has 2 N–H and O–H groups in total. The number of nitrogens with zero attached hydrogens (tertiary/aromatic N) is 2. The molecule has 0 amide bonds. The maximum absolute atomic E-state index is 12.2. The van der Waals surface area contributed by atoms with Crippen molar-refractivity contribution in [3.8, 4) is 0 Å². The first-order chi connectivity index (χ1) is 12.1. The second kappa shape index (κ2) is 11.5. The molecule has 6 heteroatoms. The lowest BCUT2D eigenvalue weighted by Gasteiger charge is -2.19. The van der Waals surface area contributed by atoms with E-state index in [9.17, 15) is 4.79 Å². The van der Waals surface area contributed by atoms with E-state index in [2.05, 4.69) is 4.99 Å². The minimum absolute atomic E-state index is 0. The molecular weight excluding hydrogens is 441 g/mol. The largest absolute Gasteiger partial charge is 0.457 e. The molecule has 0 fully saturated rings. The predicted molar refractivity (Wildman–Crippen MR) is 116 cm³/mol. The van der Waals surface area contributed by atoms with Crippen LogP contribution in [0.15, 0.2) is 59.6 Å². The minimum Gasteiger partial charge on any atom is -0.457 e.